The smallest absolute Gasteiger partial charge is 0.0570 e. The van der Waals surface area contributed by atoms with Crippen molar-refractivity contribution in [2.75, 3.05) is 26.7 Å². The molecule has 1 N–H and O–H groups in total. The molecule has 0 radical (unpaired) electrons. The van der Waals surface area contributed by atoms with Crippen LogP contribution in [0.2, 0.25) is 0 Å². The zero-order valence-electron chi connectivity index (χ0n) is 10.9. The maximum atomic E-state index is 4.38. The van der Waals surface area contributed by atoms with Gasteiger partial charge in [-0.3, -0.25) is 4.98 Å². The molecule has 0 saturated carbocycles. The Labute approximate surface area is 104 Å². The number of likely N-dealkylation sites (tertiary alicyclic amines) is 1. The van der Waals surface area contributed by atoms with Gasteiger partial charge in [0.05, 0.1) is 5.69 Å². The number of nitrogens with zero attached hydrogens (tertiary/aromatic N) is 2. The molecule has 0 bridgehead atoms. The Morgan fingerprint density at radius 1 is 1.53 bits per heavy atom. The third-order valence-electron chi connectivity index (χ3n) is 3.57. The van der Waals surface area contributed by atoms with Crippen LogP contribution in [0.4, 0.5) is 0 Å². The summed E-state index contributed by atoms with van der Waals surface area (Å²) in [6.45, 7) is 5.77. The first-order valence-electron chi connectivity index (χ1n) is 6.58. The first-order valence-corrected chi connectivity index (χ1v) is 6.58. The molecular weight excluding hydrogens is 210 g/mol. The molecule has 17 heavy (non-hydrogen) atoms. The second-order valence-electron chi connectivity index (χ2n) is 5.16. The zero-order chi connectivity index (χ0) is 12.1. The fourth-order valence-electron chi connectivity index (χ4n) is 2.52. The van der Waals surface area contributed by atoms with E-state index in [9.17, 15) is 0 Å². The maximum Gasteiger partial charge on any atom is 0.0570 e. The van der Waals surface area contributed by atoms with Crippen LogP contribution in [0.5, 0.6) is 0 Å². The average Bonchev–Trinajstić information content (AvgIpc) is 2.37. The molecule has 0 aliphatic carbocycles. The fraction of sp³-hybridized carbons (Fsp3) is 0.643. The lowest BCUT2D eigenvalue weighted by Crippen LogP contribution is -2.38. The standard InChI is InChI=1S/C14H23N3/c1-12(14-7-3-4-8-15-14)16-10-13-6-5-9-17(2)11-13/h3-4,7-8,12-13,16H,5-6,9-11H2,1-2H3/t12-,13?/m0/s1. The monoisotopic (exact) mass is 233 g/mol. The molecular formula is C14H23N3. The highest BCUT2D eigenvalue weighted by Gasteiger charge is 2.17. The summed E-state index contributed by atoms with van der Waals surface area (Å²) in [4.78, 5) is 6.82. The second kappa shape index (κ2) is 6.12. The highest BCUT2D eigenvalue weighted by atomic mass is 15.1. The molecule has 1 fully saturated rings. The van der Waals surface area contributed by atoms with E-state index >= 15 is 0 Å². The van der Waals surface area contributed by atoms with E-state index in [2.05, 4.69) is 41.3 Å². The molecule has 2 atom stereocenters. The van der Waals surface area contributed by atoms with Crippen molar-refractivity contribution in [1.82, 2.24) is 15.2 Å². The Kier molecular flexibility index (Phi) is 4.51. The Morgan fingerprint density at radius 3 is 3.12 bits per heavy atom. The van der Waals surface area contributed by atoms with Gasteiger partial charge in [-0.25, -0.2) is 0 Å². The number of rotatable bonds is 4. The van der Waals surface area contributed by atoms with Crippen molar-refractivity contribution < 1.29 is 0 Å². The number of nitrogens with one attached hydrogen (secondary N) is 1. The van der Waals surface area contributed by atoms with Crippen molar-refractivity contribution in [2.24, 2.45) is 5.92 Å². The van der Waals surface area contributed by atoms with Crippen molar-refractivity contribution in [1.29, 1.82) is 0 Å². The van der Waals surface area contributed by atoms with Crippen LogP contribution in [0.25, 0.3) is 0 Å². The highest BCUT2D eigenvalue weighted by molar-refractivity contribution is 5.07. The predicted molar refractivity (Wildman–Crippen MR) is 70.9 cm³/mol. The second-order valence-corrected chi connectivity index (χ2v) is 5.16. The van der Waals surface area contributed by atoms with Crippen molar-refractivity contribution in [3.8, 4) is 0 Å². The minimum atomic E-state index is 0.350. The van der Waals surface area contributed by atoms with Crippen LogP contribution in [0.15, 0.2) is 24.4 Å². The summed E-state index contributed by atoms with van der Waals surface area (Å²) in [6.07, 6.45) is 4.55. The van der Waals surface area contributed by atoms with Crippen molar-refractivity contribution in [3.63, 3.8) is 0 Å². The third kappa shape index (κ3) is 3.79. The van der Waals surface area contributed by atoms with Gasteiger partial charge >= 0.3 is 0 Å². The minimum absolute atomic E-state index is 0.350. The molecule has 2 rings (SSSR count). The molecule has 1 unspecified atom stereocenters. The largest absolute Gasteiger partial charge is 0.309 e. The normalized spacial score (nSPS) is 23.5. The van der Waals surface area contributed by atoms with Crippen LogP contribution in [-0.4, -0.2) is 36.6 Å². The van der Waals surface area contributed by atoms with Crippen LogP contribution < -0.4 is 5.32 Å². The van der Waals surface area contributed by atoms with E-state index in [1.54, 1.807) is 0 Å². The van der Waals surface area contributed by atoms with Gasteiger partial charge in [0.2, 0.25) is 0 Å². The van der Waals surface area contributed by atoms with Crippen LogP contribution >= 0.6 is 0 Å². The van der Waals surface area contributed by atoms with Crippen LogP contribution in [0.3, 0.4) is 0 Å². The number of aromatic nitrogens is 1. The predicted octanol–water partition coefficient (Wildman–Crippen LogP) is 2.07. The molecule has 1 aromatic heterocycles. The van der Waals surface area contributed by atoms with Crippen LogP contribution in [0.1, 0.15) is 31.5 Å². The first kappa shape index (κ1) is 12.5. The highest BCUT2D eigenvalue weighted by Crippen LogP contribution is 2.16. The lowest BCUT2D eigenvalue weighted by molar-refractivity contribution is 0.203. The molecule has 0 aromatic carbocycles. The maximum absolute atomic E-state index is 4.38. The summed E-state index contributed by atoms with van der Waals surface area (Å²) in [6, 6.07) is 6.45. The molecule has 94 valence electrons. The number of piperidine rings is 1. The molecule has 3 heteroatoms. The number of pyridine rings is 1. The van der Waals surface area contributed by atoms with Crippen molar-refractivity contribution in [2.45, 2.75) is 25.8 Å². The Bertz CT molecular complexity index is 325. The van der Waals surface area contributed by atoms with Gasteiger partial charge in [-0.2, -0.15) is 0 Å². The van der Waals surface area contributed by atoms with Gasteiger partial charge in [0.1, 0.15) is 0 Å². The summed E-state index contributed by atoms with van der Waals surface area (Å²) in [5, 5.41) is 3.60. The van der Waals surface area contributed by atoms with Crippen LogP contribution in [-0.2, 0) is 0 Å². The van der Waals surface area contributed by atoms with E-state index in [4.69, 9.17) is 0 Å². The van der Waals surface area contributed by atoms with E-state index in [-0.39, 0.29) is 0 Å². The molecule has 1 aliphatic rings. The lowest BCUT2D eigenvalue weighted by Gasteiger charge is -2.30. The van der Waals surface area contributed by atoms with Gasteiger partial charge in [0.15, 0.2) is 0 Å². The van der Waals surface area contributed by atoms with E-state index in [0.29, 0.717) is 6.04 Å². The van der Waals surface area contributed by atoms with E-state index < -0.39 is 0 Å². The number of hydrogen-bond acceptors (Lipinski definition) is 3. The van der Waals surface area contributed by atoms with Gasteiger partial charge in [-0.1, -0.05) is 6.07 Å². The Hall–Kier alpha value is -0.930. The van der Waals surface area contributed by atoms with E-state index in [0.717, 1.165) is 18.2 Å². The summed E-state index contributed by atoms with van der Waals surface area (Å²) < 4.78 is 0. The fourth-order valence-corrected chi connectivity index (χ4v) is 2.52. The van der Waals surface area contributed by atoms with E-state index in [1.165, 1.54) is 25.9 Å². The Balaban J connectivity index is 1.78. The molecule has 0 spiro atoms. The summed E-state index contributed by atoms with van der Waals surface area (Å²) in [5.74, 6) is 0.792. The SMILES string of the molecule is C[C@H](NCC1CCCN(C)C1)c1ccccn1. The lowest BCUT2D eigenvalue weighted by atomic mass is 9.98. The average molecular weight is 233 g/mol. The van der Waals surface area contributed by atoms with Crippen molar-refractivity contribution in [3.05, 3.63) is 30.1 Å². The molecule has 3 nitrogen and oxygen atoms in total. The van der Waals surface area contributed by atoms with Gasteiger partial charge in [-0.15, -0.1) is 0 Å². The van der Waals surface area contributed by atoms with Gasteiger partial charge in [0, 0.05) is 18.8 Å². The van der Waals surface area contributed by atoms with E-state index in [1.807, 2.05) is 12.3 Å². The van der Waals surface area contributed by atoms with Crippen LogP contribution in [0, 0.1) is 5.92 Å². The molecule has 1 aromatic rings. The minimum Gasteiger partial charge on any atom is -0.309 e. The molecule has 1 aliphatic heterocycles. The molecule has 0 amide bonds. The summed E-state index contributed by atoms with van der Waals surface area (Å²) in [7, 11) is 2.22. The van der Waals surface area contributed by atoms with Gasteiger partial charge in [-0.05, 0) is 58.0 Å². The van der Waals surface area contributed by atoms with Gasteiger partial charge in [0.25, 0.3) is 0 Å². The summed E-state index contributed by atoms with van der Waals surface area (Å²) in [5.41, 5.74) is 1.14. The van der Waals surface area contributed by atoms with Crippen molar-refractivity contribution >= 4 is 0 Å². The molecule has 2 heterocycles. The topological polar surface area (TPSA) is 28.2 Å². The Morgan fingerprint density at radius 2 is 2.41 bits per heavy atom. The quantitative estimate of drug-likeness (QED) is 0.863. The van der Waals surface area contributed by atoms with Gasteiger partial charge < -0.3 is 10.2 Å². The first-order chi connectivity index (χ1) is 8.25. The zero-order valence-corrected chi connectivity index (χ0v) is 10.9. The summed E-state index contributed by atoms with van der Waals surface area (Å²) >= 11 is 0. The number of hydrogen-bond donors (Lipinski definition) is 1. The third-order valence-corrected chi connectivity index (χ3v) is 3.57. The molecule has 1 saturated heterocycles.